The first-order valence-corrected chi connectivity index (χ1v) is 11.6. The van der Waals surface area contributed by atoms with Gasteiger partial charge in [0.15, 0.2) is 0 Å². The topological polar surface area (TPSA) is 254 Å². The van der Waals surface area contributed by atoms with E-state index in [0.29, 0.717) is 32.2 Å². The highest BCUT2D eigenvalue weighted by molar-refractivity contribution is 5.94. The minimum Gasteiger partial charge on any atom is -0.480 e. The van der Waals surface area contributed by atoms with Crippen molar-refractivity contribution >= 4 is 35.5 Å². The highest BCUT2D eigenvalue weighted by atomic mass is 16.4. The number of unbranched alkanes of at least 4 members (excludes halogenated alkanes) is 1. The number of nitrogens with zero attached hydrogens (tertiary/aromatic N) is 1. The lowest BCUT2D eigenvalue weighted by Crippen LogP contribution is -2.57. The van der Waals surface area contributed by atoms with Gasteiger partial charge in [-0.2, -0.15) is 0 Å². The molecule has 4 atom stereocenters. The van der Waals surface area contributed by atoms with E-state index in [0.717, 1.165) is 0 Å². The summed E-state index contributed by atoms with van der Waals surface area (Å²) in [5, 5.41) is 14.4. The molecule has 5 amide bonds. The van der Waals surface area contributed by atoms with E-state index in [-0.39, 0.29) is 38.6 Å². The minimum atomic E-state index is -1.19. The van der Waals surface area contributed by atoms with Crippen molar-refractivity contribution in [1.82, 2.24) is 15.5 Å². The highest BCUT2D eigenvalue weighted by Gasteiger charge is 2.39. The zero-order valence-corrected chi connectivity index (χ0v) is 19.7. The first-order chi connectivity index (χ1) is 16.5. The van der Waals surface area contributed by atoms with Crippen LogP contribution < -0.4 is 33.6 Å². The van der Waals surface area contributed by atoms with Crippen LogP contribution in [0.4, 0.5) is 0 Å². The van der Waals surface area contributed by atoms with Crippen LogP contribution in [0.3, 0.4) is 0 Å². The monoisotopic (exact) mass is 499 g/mol. The number of amides is 5. The largest absolute Gasteiger partial charge is 0.480 e. The number of nitrogens with one attached hydrogen (secondary N) is 2. The molecule has 0 aliphatic carbocycles. The van der Waals surface area contributed by atoms with Gasteiger partial charge in [0, 0.05) is 19.4 Å². The second-order valence-corrected chi connectivity index (χ2v) is 8.55. The summed E-state index contributed by atoms with van der Waals surface area (Å²) in [5.41, 5.74) is 21.5. The number of carboxylic acid groups (broad SMARTS) is 1. The zero-order valence-electron chi connectivity index (χ0n) is 19.7. The van der Waals surface area contributed by atoms with Crippen LogP contribution in [0.5, 0.6) is 0 Å². The fourth-order valence-corrected chi connectivity index (χ4v) is 3.77. The molecule has 35 heavy (non-hydrogen) atoms. The summed E-state index contributed by atoms with van der Waals surface area (Å²) < 4.78 is 0. The number of aliphatic carboxylic acids is 1. The molecule has 1 rings (SSSR count). The van der Waals surface area contributed by atoms with E-state index in [2.05, 4.69) is 10.6 Å². The van der Waals surface area contributed by atoms with Gasteiger partial charge in [0.2, 0.25) is 29.5 Å². The van der Waals surface area contributed by atoms with Crippen molar-refractivity contribution in [2.45, 2.75) is 82.0 Å². The van der Waals surface area contributed by atoms with Gasteiger partial charge in [-0.3, -0.25) is 24.0 Å². The van der Waals surface area contributed by atoms with Crippen LogP contribution in [0.25, 0.3) is 0 Å². The first kappa shape index (κ1) is 29.8. The molecule has 11 N–H and O–H groups in total. The van der Waals surface area contributed by atoms with Crippen LogP contribution in [0.15, 0.2) is 0 Å². The quantitative estimate of drug-likeness (QED) is 0.107. The molecule has 0 bridgehead atoms. The molecule has 14 heteroatoms. The van der Waals surface area contributed by atoms with Crippen LogP contribution >= 0.6 is 0 Å². The molecule has 0 aromatic heterocycles. The summed E-state index contributed by atoms with van der Waals surface area (Å²) in [6.07, 6.45) is 1.62. The van der Waals surface area contributed by atoms with Crippen molar-refractivity contribution in [1.29, 1.82) is 0 Å². The smallest absolute Gasteiger partial charge is 0.326 e. The number of hydrogen-bond donors (Lipinski definition) is 7. The van der Waals surface area contributed by atoms with Gasteiger partial charge in [-0.05, 0) is 51.5 Å². The Hall–Kier alpha value is -3.26. The summed E-state index contributed by atoms with van der Waals surface area (Å²) in [7, 11) is 0. The Morgan fingerprint density at radius 2 is 1.54 bits per heavy atom. The maximum Gasteiger partial charge on any atom is 0.326 e. The van der Waals surface area contributed by atoms with Crippen LogP contribution in [0, 0.1) is 0 Å². The second kappa shape index (κ2) is 14.9. The van der Waals surface area contributed by atoms with E-state index >= 15 is 0 Å². The molecule has 1 aliphatic heterocycles. The van der Waals surface area contributed by atoms with Crippen molar-refractivity contribution in [3.05, 3.63) is 0 Å². The molecule has 1 fully saturated rings. The molecular formula is C21H37N7O7. The molecule has 198 valence electrons. The molecular weight excluding hydrogens is 462 g/mol. The van der Waals surface area contributed by atoms with Gasteiger partial charge in [-0.1, -0.05) is 0 Å². The number of primary amides is 2. The Bertz CT molecular complexity index is 792. The van der Waals surface area contributed by atoms with E-state index in [1.807, 2.05) is 0 Å². The van der Waals surface area contributed by atoms with Gasteiger partial charge in [-0.25, -0.2) is 4.79 Å². The highest BCUT2D eigenvalue weighted by Crippen LogP contribution is 2.20. The molecule has 1 heterocycles. The molecule has 4 unspecified atom stereocenters. The molecule has 14 nitrogen and oxygen atoms in total. The number of carbonyl (C=O) groups excluding carboxylic acids is 5. The number of carbonyl (C=O) groups is 6. The van der Waals surface area contributed by atoms with Crippen LogP contribution in [0.2, 0.25) is 0 Å². The summed E-state index contributed by atoms with van der Waals surface area (Å²) >= 11 is 0. The lowest BCUT2D eigenvalue weighted by Gasteiger charge is -2.30. The summed E-state index contributed by atoms with van der Waals surface area (Å²) in [4.78, 5) is 73.6. The maximum absolute atomic E-state index is 13.3. The standard InChI is InChI=1S/C21H37N7O7/c22-10-2-1-4-14(21(34)35)27-19(32)15-5-3-11-28(15)20(33)13(7-9-17(25)30)26-18(31)12(23)6-8-16(24)29/h12-15H,1-11,22-23H2,(H2,24,29)(H2,25,30)(H,26,31)(H,27,32)(H,34,35). The Balaban J connectivity index is 2.92. The van der Waals surface area contributed by atoms with Crippen molar-refractivity contribution < 1.29 is 33.9 Å². The zero-order chi connectivity index (χ0) is 26.5. The predicted molar refractivity (Wildman–Crippen MR) is 124 cm³/mol. The molecule has 0 aromatic carbocycles. The van der Waals surface area contributed by atoms with E-state index in [1.165, 1.54) is 4.90 Å². The average molecular weight is 500 g/mol. The van der Waals surface area contributed by atoms with E-state index < -0.39 is 59.7 Å². The maximum atomic E-state index is 13.3. The molecule has 0 spiro atoms. The fraction of sp³-hybridized carbons (Fsp3) is 0.714. The third kappa shape index (κ3) is 10.3. The first-order valence-electron chi connectivity index (χ1n) is 11.6. The predicted octanol–water partition coefficient (Wildman–Crippen LogP) is -2.98. The minimum absolute atomic E-state index is 0.0344. The van der Waals surface area contributed by atoms with Crippen LogP contribution in [0.1, 0.15) is 57.8 Å². The fourth-order valence-electron chi connectivity index (χ4n) is 3.77. The Labute approximate surface area is 203 Å². The molecule has 1 aliphatic rings. The van der Waals surface area contributed by atoms with Crippen LogP contribution in [-0.4, -0.2) is 82.8 Å². The Morgan fingerprint density at radius 3 is 2.11 bits per heavy atom. The van der Waals surface area contributed by atoms with E-state index in [1.54, 1.807) is 0 Å². The SMILES string of the molecule is NCCCCC(NC(=O)C1CCCN1C(=O)C(CCC(N)=O)NC(=O)C(N)CCC(N)=O)C(=O)O. The molecule has 0 saturated carbocycles. The third-order valence-electron chi connectivity index (χ3n) is 5.73. The lowest BCUT2D eigenvalue weighted by molar-refractivity contribution is -0.145. The van der Waals surface area contributed by atoms with Gasteiger partial charge in [0.25, 0.3) is 0 Å². The summed E-state index contributed by atoms with van der Waals surface area (Å²) in [6.45, 7) is 0.605. The second-order valence-electron chi connectivity index (χ2n) is 8.55. The Morgan fingerprint density at radius 1 is 0.914 bits per heavy atom. The molecule has 0 aromatic rings. The van der Waals surface area contributed by atoms with Gasteiger partial charge >= 0.3 is 5.97 Å². The number of hydrogen-bond acceptors (Lipinski definition) is 8. The van der Waals surface area contributed by atoms with Gasteiger partial charge in [0.1, 0.15) is 18.1 Å². The van der Waals surface area contributed by atoms with Gasteiger partial charge < -0.3 is 43.6 Å². The lowest BCUT2D eigenvalue weighted by atomic mass is 10.1. The average Bonchev–Trinajstić information content (AvgIpc) is 3.28. The third-order valence-corrected chi connectivity index (χ3v) is 5.73. The van der Waals surface area contributed by atoms with Crippen molar-refractivity contribution in [2.24, 2.45) is 22.9 Å². The number of nitrogens with two attached hydrogens (primary N) is 4. The van der Waals surface area contributed by atoms with Gasteiger partial charge in [-0.15, -0.1) is 0 Å². The van der Waals surface area contributed by atoms with Crippen molar-refractivity contribution in [3.63, 3.8) is 0 Å². The number of carboxylic acids is 1. The van der Waals surface area contributed by atoms with E-state index in [9.17, 15) is 33.9 Å². The van der Waals surface area contributed by atoms with E-state index in [4.69, 9.17) is 22.9 Å². The Kier molecular flexibility index (Phi) is 12.7. The van der Waals surface area contributed by atoms with Crippen molar-refractivity contribution in [3.8, 4) is 0 Å². The molecule has 1 saturated heterocycles. The number of likely N-dealkylation sites (tertiary alicyclic amines) is 1. The normalized spacial score (nSPS) is 17.8. The number of rotatable bonds is 16. The van der Waals surface area contributed by atoms with Crippen LogP contribution in [-0.2, 0) is 28.8 Å². The van der Waals surface area contributed by atoms with Crippen molar-refractivity contribution in [2.75, 3.05) is 13.1 Å². The molecule has 0 radical (unpaired) electrons. The summed E-state index contributed by atoms with van der Waals surface area (Å²) in [6, 6.07) is -4.37. The summed E-state index contributed by atoms with van der Waals surface area (Å²) in [5.74, 6) is -4.47. The van der Waals surface area contributed by atoms with Gasteiger partial charge in [0.05, 0.1) is 6.04 Å².